The van der Waals surface area contributed by atoms with Gasteiger partial charge in [0.1, 0.15) is 0 Å². The second-order valence-corrected chi connectivity index (χ2v) is 5.73. The molecule has 1 aromatic carbocycles. The normalized spacial score (nSPS) is 28.9. The summed E-state index contributed by atoms with van der Waals surface area (Å²) in [5.41, 5.74) is 2.51. The van der Waals surface area contributed by atoms with Crippen LogP contribution in [0.2, 0.25) is 0 Å². The van der Waals surface area contributed by atoms with Crippen LogP contribution in [0.5, 0.6) is 0 Å². The van der Waals surface area contributed by atoms with Crippen LogP contribution in [-0.2, 0) is 11.2 Å². The van der Waals surface area contributed by atoms with Gasteiger partial charge in [0.2, 0.25) is 0 Å². The van der Waals surface area contributed by atoms with E-state index in [4.69, 9.17) is 4.74 Å². The minimum absolute atomic E-state index is 0.252. The zero-order valence-corrected chi connectivity index (χ0v) is 10.8. The number of benzene rings is 1. The molecular formula is C16H22O2. The monoisotopic (exact) mass is 246 g/mol. The predicted molar refractivity (Wildman–Crippen MR) is 71.4 cm³/mol. The van der Waals surface area contributed by atoms with Crippen LogP contribution in [0.1, 0.15) is 42.9 Å². The fourth-order valence-corrected chi connectivity index (χ4v) is 3.46. The highest BCUT2D eigenvalue weighted by atomic mass is 16.5. The minimum atomic E-state index is -0.252. The molecule has 1 aliphatic carbocycles. The average molecular weight is 246 g/mol. The van der Waals surface area contributed by atoms with Crippen LogP contribution in [0.25, 0.3) is 0 Å². The van der Waals surface area contributed by atoms with Crippen LogP contribution in [0.4, 0.5) is 0 Å². The van der Waals surface area contributed by atoms with Crippen molar-refractivity contribution >= 4 is 0 Å². The summed E-state index contributed by atoms with van der Waals surface area (Å²) in [6.45, 7) is 1.81. The Morgan fingerprint density at radius 3 is 2.72 bits per heavy atom. The third-order valence-electron chi connectivity index (χ3n) is 4.58. The first-order chi connectivity index (χ1) is 8.84. The Bertz CT molecular complexity index is 396. The van der Waals surface area contributed by atoms with Gasteiger partial charge in [0.25, 0.3) is 0 Å². The molecule has 0 amide bonds. The molecule has 1 fully saturated rings. The van der Waals surface area contributed by atoms with Crippen molar-refractivity contribution in [3.63, 3.8) is 0 Å². The second-order valence-electron chi connectivity index (χ2n) is 5.73. The molecule has 0 bridgehead atoms. The molecule has 2 unspecified atom stereocenters. The highest BCUT2D eigenvalue weighted by molar-refractivity contribution is 5.31. The molecule has 2 nitrogen and oxygen atoms in total. The van der Waals surface area contributed by atoms with Gasteiger partial charge in [-0.15, -0.1) is 0 Å². The molecule has 1 saturated heterocycles. The Hall–Kier alpha value is -0.860. The standard InChI is InChI=1S/C16H22O2/c17-16-14(11-12-7-9-18-10-8-12)6-5-13-3-1-2-4-15(13)16/h1-4,12,14,16-17H,5-11H2. The molecule has 0 saturated carbocycles. The third kappa shape index (κ3) is 2.45. The number of ether oxygens (including phenoxy) is 1. The van der Waals surface area contributed by atoms with Crippen LogP contribution in [0, 0.1) is 11.8 Å². The second kappa shape index (κ2) is 5.41. The maximum absolute atomic E-state index is 10.5. The summed E-state index contributed by atoms with van der Waals surface area (Å²) in [6.07, 6.45) is 5.52. The zero-order valence-electron chi connectivity index (χ0n) is 10.8. The lowest BCUT2D eigenvalue weighted by atomic mass is 9.76. The van der Waals surface area contributed by atoms with Crippen LogP contribution in [0.15, 0.2) is 24.3 Å². The molecule has 0 aromatic heterocycles. The van der Waals surface area contributed by atoms with E-state index in [1.165, 1.54) is 30.4 Å². The topological polar surface area (TPSA) is 29.5 Å². The first-order valence-corrected chi connectivity index (χ1v) is 7.18. The highest BCUT2D eigenvalue weighted by Crippen LogP contribution is 2.39. The number of hydrogen-bond acceptors (Lipinski definition) is 2. The number of aliphatic hydroxyl groups is 1. The molecular weight excluding hydrogens is 224 g/mol. The van der Waals surface area contributed by atoms with E-state index in [0.29, 0.717) is 5.92 Å². The Labute approximate surface area is 109 Å². The molecule has 18 heavy (non-hydrogen) atoms. The number of hydrogen-bond donors (Lipinski definition) is 1. The highest BCUT2D eigenvalue weighted by Gasteiger charge is 2.30. The Kier molecular flexibility index (Phi) is 3.67. The lowest BCUT2D eigenvalue weighted by Gasteiger charge is -2.33. The van der Waals surface area contributed by atoms with E-state index in [2.05, 4.69) is 18.2 Å². The quantitative estimate of drug-likeness (QED) is 0.869. The van der Waals surface area contributed by atoms with Crippen molar-refractivity contribution in [3.05, 3.63) is 35.4 Å². The molecule has 2 atom stereocenters. The van der Waals surface area contributed by atoms with Gasteiger partial charge in [0.15, 0.2) is 0 Å². The molecule has 0 spiro atoms. The maximum Gasteiger partial charge on any atom is 0.0821 e. The van der Waals surface area contributed by atoms with Crippen molar-refractivity contribution in [2.45, 2.75) is 38.2 Å². The van der Waals surface area contributed by atoms with Crippen molar-refractivity contribution in [1.82, 2.24) is 0 Å². The van der Waals surface area contributed by atoms with E-state index in [0.717, 1.165) is 32.0 Å². The number of aliphatic hydroxyl groups excluding tert-OH is 1. The summed E-state index contributed by atoms with van der Waals surface area (Å²) in [6, 6.07) is 8.36. The number of fused-ring (bicyclic) bond motifs is 1. The lowest BCUT2D eigenvalue weighted by Crippen LogP contribution is -2.25. The van der Waals surface area contributed by atoms with E-state index in [9.17, 15) is 5.11 Å². The number of rotatable bonds is 2. The van der Waals surface area contributed by atoms with Crippen molar-refractivity contribution < 1.29 is 9.84 Å². The summed E-state index contributed by atoms with van der Waals surface area (Å²) in [7, 11) is 0. The summed E-state index contributed by atoms with van der Waals surface area (Å²) in [5.74, 6) is 1.20. The van der Waals surface area contributed by atoms with E-state index < -0.39 is 0 Å². The zero-order chi connectivity index (χ0) is 12.4. The molecule has 1 aliphatic heterocycles. The smallest absolute Gasteiger partial charge is 0.0821 e. The van der Waals surface area contributed by atoms with E-state index in [1.807, 2.05) is 6.07 Å². The molecule has 1 heterocycles. The van der Waals surface area contributed by atoms with Gasteiger partial charge < -0.3 is 9.84 Å². The van der Waals surface area contributed by atoms with Gasteiger partial charge in [-0.3, -0.25) is 0 Å². The lowest BCUT2D eigenvalue weighted by molar-refractivity contribution is 0.0330. The molecule has 3 rings (SSSR count). The average Bonchev–Trinajstić information content (AvgIpc) is 2.43. The summed E-state index contributed by atoms with van der Waals surface area (Å²) >= 11 is 0. The van der Waals surface area contributed by atoms with Gasteiger partial charge in [-0.1, -0.05) is 24.3 Å². The molecule has 2 aliphatic rings. The first-order valence-electron chi connectivity index (χ1n) is 7.18. The van der Waals surface area contributed by atoms with Gasteiger partial charge in [0.05, 0.1) is 6.10 Å². The van der Waals surface area contributed by atoms with Gasteiger partial charge in [-0.2, -0.15) is 0 Å². The SMILES string of the molecule is OC1c2ccccc2CCC1CC1CCOCC1. The largest absolute Gasteiger partial charge is 0.388 e. The van der Waals surface area contributed by atoms with E-state index in [1.54, 1.807) is 0 Å². The minimum Gasteiger partial charge on any atom is -0.388 e. The molecule has 0 radical (unpaired) electrons. The summed E-state index contributed by atoms with van der Waals surface area (Å²) < 4.78 is 5.41. The van der Waals surface area contributed by atoms with Crippen LogP contribution < -0.4 is 0 Å². The summed E-state index contributed by atoms with van der Waals surface area (Å²) in [4.78, 5) is 0. The fourth-order valence-electron chi connectivity index (χ4n) is 3.46. The van der Waals surface area contributed by atoms with E-state index >= 15 is 0 Å². The van der Waals surface area contributed by atoms with Crippen molar-refractivity contribution in [1.29, 1.82) is 0 Å². The van der Waals surface area contributed by atoms with E-state index in [-0.39, 0.29) is 6.10 Å². The Morgan fingerprint density at radius 1 is 1.11 bits per heavy atom. The van der Waals surface area contributed by atoms with Gasteiger partial charge in [0, 0.05) is 13.2 Å². The molecule has 1 N–H and O–H groups in total. The molecule has 2 heteroatoms. The van der Waals surface area contributed by atoms with Crippen LogP contribution >= 0.6 is 0 Å². The fraction of sp³-hybridized carbons (Fsp3) is 0.625. The Balaban J connectivity index is 1.68. The maximum atomic E-state index is 10.5. The van der Waals surface area contributed by atoms with Gasteiger partial charge in [-0.25, -0.2) is 0 Å². The van der Waals surface area contributed by atoms with Crippen molar-refractivity contribution in [3.8, 4) is 0 Å². The van der Waals surface area contributed by atoms with Gasteiger partial charge in [-0.05, 0) is 55.1 Å². The summed E-state index contributed by atoms with van der Waals surface area (Å²) in [5, 5.41) is 10.5. The predicted octanol–water partition coefficient (Wildman–Crippen LogP) is 3.10. The first kappa shape index (κ1) is 12.2. The van der Waals surface area contributed by atoms with Crippen LogP contribution in [-0.4, -0.2) is 18.3 Å². The van der Waals surface area contributed by atoms with Gasteiger partial charge >= 0.3 is 0 Å². The molecule has 1 aromatic rings. The molecule has 98 valence electrons. The third-order valence-corrected chi connectivity index (χ3v) is 4.58. The van der Waals surface area contributed by atoms with Crippen molar-refractivity contribution in [2.24, 2.45) is 11.8 Å². The van der Waals surface area contributed by atoms with Crippen molar-refractivity contribution in [2.75, 3.05) is 13.2 Å². The Morgan fingerprint density at radius 2 is 1.89 bits per heavy atom. The number of aryl methyl sites for hydroxylation is 1. The van der Waals surface area contributed by atoms with Crippen LogP contribution in [0.3, 0.4) is 0 Å².